The minimum atomic E-state index is -0.0881. The third-order valence-corrected chi connectivity index (χ3v) is 4.68. The summed E-state index contributed by atoms with van der Waals surface area (Å²) in [5.74, 6) is 1.95. The van der Waals surface area contributed by atoms with E-state index in [-0.39, 0.29) is 11.8 Å². The van der Waals surface area contributed by atoms with Crippen LogP contribution < -0.4 is 9.47 Å². The van der Waals surface area contributed by atoms with Gasteiger partial charge in [0, 0.05) is 50.7 Å². The van der Waals surface area contributed by atoms with Crippen LogP contribution in [0.4, 0.5) is 0 Å². The Morgan fingerprint density at radius 2 is 1.63 bits per heavy atom. The summed E-state index contributed by atoms with van der Waals surface area (Å²) in [4.78, 5) is 28.7. The Balaban J connectivity index is 1.55. The number of carbonyl (C=O) groups is 2. The molecule has 0 aliphatic carbocycles. The van der Waals surface area contributed by atoms with Gasteiger partial charge in [0.1, 0.15) is 17.3 Å². The highest BCUT2D eigenvalue weighted by Gasteiger charge is 2.25. The number of rotatable bonds is 6. The topological polar surface area (TPSA) is 72.2 Å². The average Bonchev–Trinajstić information content (AvgIpc) is 3.24. The van der Waals surface area contributed by atoms with Crippen molar-refractivity contribution in [3.8, 4) is 11.5 Å². The Morgan fingerprint density at radius 3 is 2.19 bits per heavy atom. The maximum Gasteiger partial charge on any atom is 0.254 e. The van der Waals surface area contributed by atoms with E-state index in [9.17, 15) is 9.59 Å². The van der Waals surface area contributed by atoms with Gasteiger partial charge in [-0.15, -0.1) is 0 Å². The predicted octanol–water partition coefficient (Wildman–Crippen LogP) is 2.21. The fourth-order valence-corrected chi connectivity index (χ4v) is 3.12. The molecular formula is C20H24N2O5. The van der Waals surface area contributed by atoms with Crippen molar-refractivity contribution in [2.75, 3.05) is 40.4 Å². The highest BCUT2D eigenvalue weighted by molar-refractivity contribution is 5.95. The van der Waals surface area contributed by atoms with E-state index in [1.54, 1.807) is 48.5 Å². The maximum absolute atomic E-state index is 12.8. The van der Waals surface area contributed by atoms with E-state index in [2.05, 4.69) is 0 Å². The highest BCUT2D eigenvalue weighted by Crippen LogP contribution is 2.24. The average molecular weight is 372 g/mol. The van der Waals surface area contributed by atoms with E-state index in [0.29, 0.717) is 56.1 Å². The van der Waals surface area contributed by atoms with E-state index in [4.69, 9.17) is 13.9 Å². The number of ether oxygens (including phenoxy) is 2. The largest absolute Gasteiger partial charge is 0.497 e. The summed E-state index contributed by atoms with van der Waals surface area (Å²) in [5, 5.41) is 0. The molecule has 1 fully saturated rings. The molecule has 0 spiro atoms. The van der Waals surface area contributed by atoms with E-state index < -0.39 is 0 Å². The molecule has 0 radical (unpaired) electrons. The van der Waals surface area contributed by atoms with Crippen molar-refractivity contribution in [2.24, 2.45) is 0 Å². The first-order valence-electron chi connectivity index (χ1n) is 8.93. The first kappa shape index (κ1) is 18.8. The van der Waals surface area contributed by atoms with Crippen molar-refractivity contribution < 1.29 is 23.5 Å². The first-order chi connectivity index (χ1) is 13.1. The number of furan rings is 1. The zero-order chi connectivity index (χ0) is 19.2. The van der Waals surface area contributed by atoms with Gasteiger partial charge in [0.2, 0.25) is 5.91 Å². The van der Waals surface area contributed by atoms with Gasteiger partial charge in [-0.25, -0.2) is 0 Å². The summed E-state index contributed by atoms with van der Waals surface area (Å²) in [5.41, 5.74) is 0.517. The predicted molar refractivity (Wildman–Crippen MR) is 99.1 cm³/mol. The van der Waals surface area contributed by atoms with Crippen molar-refractivity contribution in [3.63, 3.8) is 0 Å². The number of carbonyl (C=O) groups excluding carboxylic acids is 2. The van der Waals surface area contributed by atoms with E-state index in [0.717, 1.165) is 5.76 Å². The van der Waals surface area contributed by atoms with Gasteiger partial charge in [-0.1, -0.05) is 0 Å². The van der Waals surface area contributed by atoms with Gasteiger partial charge in [-0.3, -0.25) is 9.59 Å². The summed E-state index contributed by atoms with van der Waals surface area (Å²) >= 11 is 0. The number of aryl methyl sites for hydroxylation is 1. The molecule has 1 aromatic carbocycles. The Labute approximate surface area is 158 Å². The summed E-state index contributed by atoms with van der Waals surface area (Å²) in [6, 6.07) is 8.81. The fourth-order valence-electron chi connectivity index (χ4n) is 3.12. The van der Waals surface area contributed by atoms with Gasteiger partial charge in [-0.2, -0.15) is 0 Å². The molecule has 7 heteroatoms. The molecule has 1 saturated heterocycles. The van der Waals surface area contributed by atoms with Crippen LogP contribution in [0.15, 0.2) is 41.0 Å². The van der Waals surface area contributed by atoms with Crippen LogP contribution in [0.1, 0.15) is 22.5 Å². The second kappa shape index (κ2) is 8.62. The van der Waals surface area contributed by atoms with Crippen molar-refractivity contribution in [3.05, 3.63) is 47.9 Å². The van der Waals surface area contributed by atoms with Gasteiger partial charge in [0.15, 0.2) is 0 Å². The molecule has 1 aromatic heterocycles. The number of hydrogen-bond acceptors (Lipinski definition) is 5. The molecule has 144 valence electrons. The Hall–Kier alpha value is -2.96. The quantitative estimate of drug-likeness (QED) is 0.777. The van der Waals surface area contributed by atoms with Crippen LogP contribution in [0.5, 0.6) is 11.5 Å². The molecular weight excluding hydrogens is 348 g/mol. The molecule has 0 saturated carbocycles. The molecule has 3 rings (SSSR count). The zero-order valence-corrected chi connectivity index (χ0v) is 15.6. The van der Waals surface area contributed by atoms with E-state index in [1.807, 2.05) is 12.1 Å². The second-order valence-corrected chi connectivity index (χ2v) is 6.35. The molecule has 0 unspecified atom stereocenters. The number of methoxy groups -OCH3 is 2. The molecule has 2 heterocycles. The number of hydrogen-bond donors (Lipinski definition) is 0. The van der Waals surface area contributed by atoms with Gasteiger partial charge in [-0.05, 0) is 24.3 Å². The molecule has 0 bridgehead atoms. The van der Waals surface area contributed by atoms with Crippen LogP contribution in [0.3, 0.4) is 0 Å². The van der Waals surface area contributed by atoms with Crippen LogP contribution in [-0.2, 0) is 11.2 Å². The molecule has 0 atom stereocenters. The lowest BCUT2D eigenvalue weighted by Crippen LogP contribution is -2.50. The molecule has 2 aromatic rings. The number of nitrogens with zero attached hydrogens (tertiary/aromatic N) is 2. The van der Waals surface area contributed by atoms with E-state index in [1.165, 1.54) is 0 Å². The minimum absolute atomic E-state index is 0.0848. The van der Waals surface area contributed by atoms with Gasteiger partial charge in [0.05, 0.1) is 20.5 Å². The van der Waals surface area contributed by atoms with Crippen molar-refractivity contribution in [1.82, 2.24) is 9.80 Å². The van der Waals surface area contributed by atoms with Gasteiger partial charge < -0.3 is 23.7 Å². The first-order valence-corrected chi connectivity index (χ1v) is 8.93. The Kier molecular flexibility index (Phi) is 6.01. The van der Waals surface area contributed by atoms with Crippen molar-refractivity contribution in [1.29, 1.82) is 0 Å². The Bertz CT molecular complexity index is 757. The monoisotopic (exact) mass is 372 g/mol. The van der Waals surface area contributed by atoms with Crippen LogP contribution >= 0.6 is 0 Å². The molecule has 27 heavy (non-hydrogen) atoms. The van der Waals surface area contributed by atoms with E-state index >= 15 is 0 Å². The van der Waals surface area contributed by atoms with Crippen LogP contribution in [0.25, 0.3) is 0 Å². The lowest BCUT2D eigenvalue weighted by Gasteiger charge is -2.35. The van der Waals surface area contributed by atoms with Crippen LogP contribution in [0.2, 0.25) is 0 Å². The standard InChI is InChI=1S/C20H24N2O5/c1-25-17-12-15(13-18(14-17)26-2)20(24)22-9-7-21(8-10-22)19(23)6-5-16-4-3-11-27-16/h3-4,11-14H,5-10H2,1-2H3. The normalized spacial score (nSPS) is 14.1. The highest BCUT2D eigenvalue weighted by atomic mass is 16.5. The summed E-state index contributed by atoms with van der Waals surface area (Å²) < 4.78 is 15.7. The number of piperazine rings is 1. The van der Waals surface area contributed by atoms with Gasteiger partial charge >= 0.3 is 0 Å². The Morgan fingerprint density at radius 1 is 1.00 bits per heavy atom. The summed E-state index contributed by atoms with van der Waals surface area (Å²) in [6.07, 6.45) is 2.61. The number of benzene rings is 1. The van der Waals surface area contributed by atoms with Crippen LogP contribution in [-0.4, -0.2) is 62.0 Å². The lowest BCUT2D eigenvalue weighted by atomic mass is 10.1. The molecule has 1 aliphatic rings. The van der Waals surface area contributed by atoms with Crippen molar-refractivity contribution in [2.45, 2.75) is 12.8 Å². The molecule has 0 N–H and O–H groups in total. The minimum Gasteiger partial charge on any atom is -0.497 e. The maximum atomic E-state index is 12.8. The third-order valence-electron chi connectivity index (χ3n) is 4.68. The zero-order valence-electron chi connectivity index (χ0n) is 15.6. The fraction of sp³-hybridized carbons (Fsp3) is 0.400. The summed E-state index contributed by atoms with van der Waals surface area (Å²) in [6.45, 7) is 2.07. The molecule has 1 aliphatic heterocycles. The second-order valence-electron chi connectivity index (χ2n) is 6.35. The van der Waals surface area contributed by atoms with Crippen molar-refractivity contribution >= 4 is 11.8 Å². The van der Waals surface area contributed by atoms with Crippen LogP contribution in [0, 0.1) is 0 Å². The lowest BCUT2D eigenvalue weighted by molar-refractivity contribution is -0.132. The number of amides is 2. The summed E-state index contributed by atoms with van der Waals surface area (Å²) in [7, 11) is 3.10. The van der Waals surface area contributed by atoms with Gasteiger partial charge in [0.25, 0.3) is 5.91 Å². The third kappa shape index (κ3) is 4.61. The molecule has 7 nitrogen and oxygen atoms in total. The SMILES string of the molecule is COc1cc(OC)cc(C(=O)N2CCN(C(=O)CCc3ccco3)CC2)c1. The smallest absolute Gasteiger partial charge is 0.254 e. The molecule has 2 amide bonds.